The highest BCUT2D eigenvalue weighted by Gasteiger charge is 2.35. The van der Waals surface area contributed by atoms with Crippen LogP contribution in [-0.2, 0) is 4.79 Å². The number of amides is 2. The summed E-state index contributed by atoms with van der Waals surface area (Å²) in [6.45, 7) is 10.3. The van der Waals surface area contributed by atoms with Gasteiger partial charge >= 0.3 is 0 Å². The molecule has 32 heavy (non-hydrogen) atoms. The number of benzene rings is 1. The number of piperazine rings is 1. The van der Waals surface area contributed by atoms with E-state index in [1.807, 2.05) is 29.8 Å². The van der Waals surface area contributed by atoms with Gasteiger partial charge in [0.1, 0.15) is 11.9 Å². The molecule has 0 radical (unpaired) electrons. The fourth-order valence-electron chi connectivity index (χ4n) is 2.64. The van der Waals surface area contributed by atoms with E-state index in [0.29, 0.717) is 12.1 Å². The van der Waals surface area contributed by atoms with Gasteiger partial charge in [-0.25, -0.2) is 4.39 Å². The summed E-state index contributed by atoms with van der Waals surface area (Å²) in [6.07, 6.45) is 0. The Bertz CT molecular complexity index is 954. The van der Waals surface area contributed by atoms with Crippen molar-refractivity contribution < 1.29 is 18.5 Å². The molecule has 1 fully saturated rings. The van der Waals surface area contributed by atoms with E-state index in [4.69, 9.17) is 4.52 Å². The third kappa shape index (κ3) is 7.56. The molecule has 4 rings (SSSR count). The van der Waals surface area contributed by atoms with Gasteiger partial charge in [0.25, 0.3) is 17.6 Å². The largest absolute Gasteiger partial charge is 0.350 e. The van der Waals surface area contributed by atoms with Crippen LogP contribution in [0, 0.1) is 11.7 Å². The van der Waals surface area contributed by atoms with Crippen molar-refractivity contribution in [2.45, 2.75) is 46.7 Å². The minimum absolute atomic E-state index is 0.121. The maximum atomic E-state index is 12.9. The van der Waals surface area contributed by atoms with Crippen molar-refractivity contribution in [3.05, 3.63) is 58.8 Å². The Morgan fingerprint density at radius 1 is 1.19 bits per heavy atom. The minimum atomic E-state index is -0.605. The Morgan fingerprint density at radius 2 is 1.78 bits per heavy atom. The van der Waals surface area contributed by atoms with Crippen LogP contribution in [0.3, 0.4) is 0 Å². The first-order valence-electron chi connectivity index (χ1n) is 10.4. The first-order valence-corrected chi connectivity index (χ1v) is 11.3. The Labute approximate surface area is 191 Å². The van der Waals surface area contributed by atoms with Gasteiger partial charge in [-0.15, -0.1) is 0 Å². The van der Waals surface area contributed by atoms with Crippen molar-refractivity contribution in [1.29, 1.82) is 0 Å². The monoisotopic (exact) mass is 460 g/mol. The van der Waals surface area contributed by atoms with Crippen LogP contribution in [0.15, 0.2) is 51.7 Å². The molecule has 1 aromatic carbocycles. The molecular weight excluding hydrogens is 431 g/mol. The zero-order chi connectivity index (χ0) is 23.7. The second-order valence-corrected chi connectivity index (χ2v) is 8.81. The summed E-state index contributed by atoms with van der Waals surface area (Å²) in [5.41, 5.74) is 0.510. The second kappa shape index (κ2) is 12.1. The van der Waals surface area contributed by atoms with Gasteiger partial charge in [-0.3, -0.25) is 9.59 Å². The predicted octanol–water partition coefficient (Wildman–Crippen LogP) is 4.64. The first-order chi connectivity index (χ1) is 15.2. The molecule has 0 bridgehead atoms. The molecule has 1 aliphatic heterocycles. The summed E-state index contributed by atoms with van der Waals surface area (Å²) in [4.78, 5) is 29.8. The number of nitrogens with one attached hydrogen (secondary N) is 1. The Kier molecular flexibility index (Phi) is 9.52. The van der Waals surface area contributed by atoms with E-state index in [1.54, 1.807) is 18.3 Å². The average molecular weight is 461 g/mol. The van der Waals surface area contributed by atoms with Crippen molar-refractivity contribution in [3.63, 3.8) is 0 Å². The van der Waals surface area contributed by atoms with E-state index in [-0.39, 0.29) is 29.5 Å². The zero-order valence-electron chi connectivity index (χ0n) is 18.9. The maximum Gasteiger partial charge on any atom is 0.296 e. The van der Waals surface area contributed by atoms with Crippen molar-refractivity contribution in [2.24, 2.45) is 5.92 Å². The summed E-state index contributed by atoms with van der Waals surface area (Å²) < 4.78 is 18.0. The van der Waals surface area contributed by atoms with E-state index < -0.39 is 11.9 Å². The quantitative estimate of drug-likeness (QED) is 0.602. The number of hydrogen-bond donors (Lipinski definition) is 1. The van der Waals surface area contributed by atoms with Gasteiger partial charge in [0, 0.05) is 18.2 Å². The lowest BCUT2D eigenvalue weighted by atomic mass is 10.1. The number of thiophene rings is 1. The Hall–Kier alpha value is -3.07. The topological polar surface area (TPSA) is 88.3 Å². The molecule has 2 atom stereocenters. The second-order valence-electron chi connectivity index (χ2n) is 8.00. The predicted molar refractivity (Wildman–Crippen MR) is 123 cm³/mol. The van der Waals surface area contributed by atoms with Gasteiger partial charge in [-0.05, 0) is 54.8 Å². The van der Waals surface area contributed by atoms with E-state index in [1.165, 1.54) is 29.2 Å². The third-order valence-corrected chi connectivity index (χ3v) is 4.73. The highest BCUT2D eigenvalue weighted by molar-refractivity contribution is 7.07. The van der Waals surface area contributed by atoms with Crippen molar-refractivity contribution in [3.8, 4) is 11.5 Å². The molecule has 2 unspecified atom stereocenters. The standard InChI is InChI=1S/C15H15FN4O3.C4H4S.C4H10/c1-8-7-20(9(2)13(21)17-8)15(22)12-18-14(23-19-12)10-3-5-11(16)6-4-10;1-2-4-5-3-1;1-4(2)3/h3-6,8-9H,7H2,1-2H3,(H,17,21);1-4H;4H,1-3H3. The molecule has 172 valence electrons. The van der Waals surface area contributed by atoms with Gasteiger partial charge in [0.05, 0.1) is 0 Å². The van der Waals surface area contributed by atoms with Crippen LogP contribution in [0.5, 0.6) is 0 Å². The Balaban J connectivity index is 0.000000338. The normalized spacial score (nSPS) is 17.6. The molecule has 2 aromatic heterocycles. The summed E-state index contributed by atoms with van der Waals surface area (Å²) in [5.74, 6) is -0.254. The molecular formula is C23H29FN4O3S. The van der Waals surface area contributed by atoms with Gasteiger partial charge in [0.15, 0.2) is 0 Å². The van der Waals surface area contributed by atoms with Crippen LogP contribution in [0.4, 0.5) is 4.39 Å². The lowest BCUT2D eigenvalue weighted by Crippen LogP contribution is -2.59. The molecule has 3 heterocycles. The number of halogens is 1. The Morgan fingerprint density at radius 3 is 2.31 bits per heavy atom. The fourth-order valence-corrected chi connectivity index (χ4v) is 3.09. The molecule has 0 aliphatic carbocycles. The average Bonchev–Trinajstić information content (AvgIpc) is 3.45. The van der Waals surface area contributed by atoms with Crippen molar-refractivity contribution in [1.82, 2.24) is 20.4 Å². The van der Waals surface area contributed by atoms with Crippen LogP contribution < -0.4 is 5.32 Å². The van der Waals surface area contributed by atoms with Crippen LogP contribution in [0.1, 0.15) is 45.2 Å². The SMILES string of the molecule is CC(C)C.CC1CN(C(=O)c2noc(-c3ccc(F)cc3)n2)C(C)C(=O)N1.c1ccsc1. The zero-order valence-corrected chi connectivity index (χ0v) is 19.7. The summed E-state index contributed by atoms with van der Waals surface area (Å²) >= 11 is 1.71. The molecule has 9 heteroatoms. The summed E-state index contributed by atoms with van der Waals surface area (Å²) in [5, 5.41) is 10.5. The van der Waals surface area contributed by atoms with E-state index >= 15 is 0 Å². The molecule has 3 aromatic rings. The highest BCUT2D eigenvalue weighted by Crippen LogP contribution is 2.19. The highest BCUT2D eigenvalue weighted by atomic mass is 32.1. The number of carbonyl (C=O) groups excluding carboxylic acids is 2. The van der Waals surface area contributed by atoms with Gasteiger partial charge in [-0.2, -0.15) is 16.3 Å². The number of aromatic nitrogens is 2. The molecule has 1 aliphatic rings. The summed E-state index contributed by atoms with van der Waals surface area (Å²) in [7, 11) is 0. The number of nitrogens with zero attached hydrogens (tertiary/aromatic N) is 3. The maximum absolute atomic E-state index is 12.9. The first kappa shape index (κ1) is 25.2. The van der Waals surface area contributed by atoms with E-state index in [0.717, 1.165) is 5.92 Å². The van der Waals surface area contributed by atoms with Crippen LogP contribution in [0.2, 0.25) is 0 Å². The summed E-state index contributed by atoms with van der Waals surface area (Å²) in [6, 6.07) is 8.78. The molecule has 1 N–H and O–H groups in total. The van der Waals surface area contributed by atoms with Crippen LogP contribution >= 0.6 is 11.3 Å². The number of carbonyl (C=O) groups is 2. The van der Waals surface area contributed by atoms with E-state index in [2.05, 4.69) is 36.2 Å². The van der Waals surface area contributed by atoms with Gasteiger partial charge < -0.3 is 14.7 Å². The number of hydrogen-bond acceptors (Lipinski definition) is 6. The lowest BCUT2D eigenvalue weighted by molar-refractivity contribution is -0.128. The molecule has 1 saturated heterocycles. The van der Waals surface area contributed by atoms with Gasteiger partial charge in [-0.1, -0.05) is 38.1 Å². The molecule has 2 amide bonds. The van der Waals surface area contributed by atoms with Crippen LogP contribution in [0.25, 0.3) is 11.5 Å². The number of rotatable bonds is 2. The smallest absolute Gasteiger partial charge is 0.296 e. The lowest BCUT2D eigenvalue weighted by Gasteiger charge is -2.35. The fraction of sp³-hybridized carbons (Fsp3) is 0.391. The van der Waals surface area contributed by atoms with Gasteiger partial charge in [0.2, 0.25) is 5.91 Å². The molecule has 0 spiro atoms. The van der Waals surface area contributed by atoms with Crippen molar-refractivity contribution >= 4 is 23.2 Å². The van der Waals surface area contributed by atoms with Crippen LogP contribution in [-0.4, -0.2) is 45.5 Å². The third-order valence-electron chi connectivity index (χ3n) is 4.10. The molecule has 0 saturated carbocycles. The molecule has 7 nitrogen and oxygen atoms in total. The van der Waals surface area contributed by atoms with Crippen molar-refractivity contribution in [2.75, 3.05) is 6.54 Å². The van der Waals surface area contributed by atoms with E-state index in [9.17, 15) is 14.0 Å². The minimum Gasteiger partial charge on any atom is -0.350 e.